The molecule has 0 aliphatic carbocycles. The summed E-state index contributed by atoms with van der Waals surface area (Å²) in [5.41, 5.74) is 8.81. The van der Waals surface area contributed by atoms with Crippen molar-refractivity contribution in [3.05, 3.63) is 29.6 Å². The van der Waals surface area contributed by atoms with E-state index in [0.717, 1.165) is 37.3 Å². The molecule has 0 spiro atoms. The minimum atomic E-state index is 0.507. The fourth-order valence-electron chi connectivity index (χ4n) is 1.99. The van der Waals surface area contributed by atoms with Crippen LogP contribution in [0.4, 0.5) is 11.5 Å². The topological polar surface area (TPSA) is 88.8 Å². The van der Waals surface area contributed by atoms with Gasteiger partial charge in [-0.15, -0.1) is 0 Å². The molecule has 2 rings (SSSR count). The smallest absolute Gasteiger partial charge is 0.239 e. The molecule has 2 aromatic heterocycles. The molecule has 21 heavy (non-hydrogen) atoms. The maximum Gasteiger partial charge on any atom is 0.239 e. The van der Waals surface area contributed by atoms with Crippen LogP contribution in [0.2, 0.25) is 0 Å². The summed E-state index contributed by atoms with van der Waals surface area (Å²) < 4.78 is 5.52. The van der Waals surface area contributed by atoms with Crippen LogP contribution in [-0.4, -0.2) is 28.3 Å². The van der Waals surface area contributed by atoms with E-state index in [4.69, 9.17) is 10.5 Å². The van der Waals surface area contributed by atoms with Crippen LogP contribution in [0, 0.1) is 6.92 Å². The van der Waals surface area contributed by atoms with Gasteiger partial charge in [-0.3, -0.25) is 5.10 Å². The summed E-state index contributed by atoms with van der Waals surface area (Å²) in [7, 11) is 0. The predicted octanol–water partition coefficient (Wildman–Crippen LogP) is 2.53. The van der Waals surface area contributed by atoms with Gasteiger partial charge in [0.2, 0.25) is 5.88 Å². The fraction of sp³-hybridized carbons (Fsp3) is 0.467. The molecule has 0 fully saturated rings. The van der Waals surface area contributed by atoms with Crippen molar-refractivity contribution in [1.29, 1.82) is 0 Å². The maximum absolute atomic E-state index is 5.84. The van der Waals surface area contributed by atoms with E-state index in [2.05, 4.69) is 27.4 Å². The highest BCUT2D eigenvalue weighted by Gasteiger charge is 2.04. The Bertz CT molecular complexity index is 567. The van der Waals surface area contributed by atoms with Gasteiger partial charge in [-0.1, -0.05) is 6.92 Å². The van der Waals surface area contributed by atoms with Crippen LogP contribution in [0.25, 0.3) is 0 Å². The number of rotatable bonds is 8. The van der Waals surface area contributed by atoms with Gasteiger partial charge in [0.1, 0.15) is 5.82 Å². The standard InChI is InChI=1S/C15H23N5O/c1-3-9-21-15-13(16)6-7-14(19-15)17-8-4-5-12-10-18-20-11(12)2/h6-7,10H,3-5,8-9,16H2,1-2H3,(H,17,19)(H,18,20). The monoisotopic (exact) mass is 289 g/mol. The molecule has 0 saturated carbocycles. The molecule has 0 aromatic carbocycles. The van der Waals surface area contributed by atoms with Crippen LogP contribution in [0.5, 0.6) is 5.88 Å². The summed E-state index contributed by atoms with van der Waals surface area (Å²) in [5, 5.41) is 10.3. The van der Waals surface area contributed by atoms with Crippen LogP contribution >= 0.6 is 0 Å². The molecule has 2 heterocycles. The third-order valence-corrected chi connectivity index (χ3v) is 3.20. The van der Waals surface area contributed by atoms with Crippen molar-refractivity contribution in [2.24, 2.45) is 0 Å². The van der Waals surface area contributed by atoms with Gasteiger partial charge in [-0.05, 0) is 43.9 Å². The molecular formula is C15H23N5O. The Hall–Kier alpha value is -2.24. The highest BCUT2D eigenvalue weighted by atomic mass is 16.5. The van der Waals surface area contributed by atoms with Crippen LogP contribution in [0.15, 0.2) is 18.3 Å². The highest BCUT2D eigenvalue weighted by Crippen LogP contribution is 2.21. The number of aromatic amines is 1. The molecule has 6 heteroatoms. The first-order valence-electron chi connectivity index (χ1n) is 7.32. The Balaban J connectivity index is 1.81. The summed E-state index contributed by atoms with van der Waals surface area (Å²) in [5.74, 6) is 1.30. The molecular weight excluding hydrogens is 266 g/mol. The van der Waals surface area contributed by atoms with E-state index in [1.807, 2.05) is 25.3 Å². The van der Waals surface area contributed by atoms with Crippen LogP contribution in [0.3, 0.4) is 0 Å². The van der Waals surface area contributed by atoms with Crippen molar-refractivity contribution in [3.63, 3.8) is 0 Å². The zero-order valence-electron chi connectivity index (χ0n) is 12.6. The molecule has 0 aliphatic rings. The number of nitrogens with one attached hydrogen (secondary N) is 2. The van der Waals surface area contributed by atoms with E-state index < -0.39 is 0 Å². The summed E-state index contributed by atoms with van der Waals surface area (Å²) in [6, 6.07) is 3.69. The van der Waals surface area contributed by atoms with E-state index in [1.165, 1.54) is 5.56 Å². The maximum atomic E-state index is 5.84. The lowest BCUT2D eigenvalue weighted by molar-refractivity contribution is 0.307. The molecule has 0 radical (unpaired) electrons. The molecule has 4 N–H and O–H groups in total. The number of hydrogen-bond acceptors (Lipinski definition) is 5. The highest BCUT2D eigenvalue weighted by molar-refractivity contribution is 5.53. The SMILES string of the molecule is CCCOc1nc(NCCCc2cn[nH]c2C)ccc1N. The third kappa shape index (κ3) is 4.37. The fourth-order valence-corrected chi connectivity index (χ4v) is 1.99. The first-order valence-corrected chi connectivity index (χ1v) is 7.32. The summed E-state index contributed by atoms with van der Waals surface area (Å²) >= 11 is 0. The first-order chi connectivity index (χ1) is 10.2. The Labute approximate surface area is 125 Å². The summed E-state index contributed by atoms with van der Waals surface area (Å²) in [4.78, 5) is 4.39. The lowest BCUT2D eigenvalue weighted by Crippen LogP contribution is -2.07. The average molecular weight is 289 g/mol. The van der Waals surface area contributed by atoms with Gasteiger partial charge in [-0.2, -0.15) is 10.1 Å². The molecule has 0 unspecified atom stereocenters. The van der Waals surface area contributed by atoms with Gasteiger partial charge in [0.15, 0.2) is 0 Å². The van der Waals surface area contributed by atoms with E-state index >= 15 is 0 Å². The van der Waals surface area contributed by atoms with Crippen molar-refractivity contribution < 1.29 is 4.74 Å². The zero-order valence-corrected chi connectivity index (χ0v) is 12.6. The van der Waals surface area contributed by atoms with Gasteiger partial charge in [0, 0.05) is 12.2 Å². The number of nitrogen functional groups attached to an aromatic ring is 1. The van der Waals surface area contributed by atoms with Crippen molar-refractivity contribution >= 4 is 11.5 Å². The molecule has 2 aromatic rings. The van der Waals surface area contributed by atoms with Crippen LogP contribution in [-0.2, 0) is 6.42 Å². The minimum absolute atomic E-state index is 0.507. The zero-order chi connectivity index (χ0) is 15.1. The molecule has 6 nitrogen and oxygen atoms in total. The predicted molar refractivity (Wildman–Crippen MR) is 84.6 cm³/mol. The Morgan fingerprint density at radius 2 is 2.24 bits per heavy atom. The van der Waals surface area contributed by atoms with Crippen LogP contribution < -0.4 is 15.8 Å². The number of pyridine rings is 1. The van der Waals surface area contributed by atoms with Crippen LogP contribution in [0.1, 0.15) is 31.0 Å². The lowest BCUT2D eigenvalue weighted by atomic mass is 10.1. The number of nitrogens with two attached hydrogens (primary N) is 1. The molecule has 0 saturated heterocycles. The molecule has 0 atom stereocenters. The number of aryl methyl sites for hydroxylation is 2. The molecule has 0 aliphatic heterocycles. The van der Waals surface area contributed by atoms with Crippen molar-refractivity contribution in [2.75, 3.05) is 24.2 Å². The number of ether oxygens (including phenoxy) is 1. The first kappa shape index (κ1) is 15.2. The van der Waals surface area contributed by atoms with Crippen molar-refractivity contribution in [1.82, 2.24) is 15.2 Å². The number of hydrogen-bond donors (Lipinski definition) is 3. The largest absolute Gasteiger partial charge is 0.476 e. The second kappa shape index (κ2) is 7.52. The second-order valence-corrected chi connectivity index (χ2v) is 4.99. The van der Waals surface area contributed by atoms with Gasteiger partial charge in [0.05, 0.1) is 18.5 Å². The van der Waals surface area contributed by atoms with Gasteiger partial charge < -0.3 is 15.8 Å². The lowest BCUT2D eigenvalue weighted by Gasteiger charge is -2.10. The quantitative estimate of drug-likeness (QED) is 0.650. The van der Waals surface area contributed by atoms with Gasteiger partial charge >= 0.3 is 0 Å². The molecule has 0 bridgehead atoms. The van der Waals surface area contributed by atoms with E-state index in [0.29, 0.717) is 18.2 Å². The van der Waals surface area contributed by atoms with Gasteiger partial charge in [-0.25, -0.2) is 0 Å². The Kier molecular flexibility index (Phi) is 5.43. The normalized spacial score (nSPS) is 10.6. The van der Waals surface area contributed by atoms with Crippen molar-refractivity contribution in [2.45, 2.75) is 33.1 Å². The molecule has 114 valence electrons. The number of anilines is 2. The summed E-state index contributed by atoms with van der Waals surface area (Å²) in [6.07, 6.45) is 4.82. The second-order valence-electron chi connectivity index (χ2n) is 4.99. The van der Waals surface area contributed by atoms with Gasteiger partial charge in [0.25, 0.3) is 0 Å². The van der Waals surface area contributed by atoms with E-state index in [-0.39, 0.29) is 0 Å². The van der Waals surface area contributed by atoms with E-state index in [9.17, 15) is 0 Å². The number of H-pyrrole nitrogens is 1. The minimum Gasteiger partial charge on any atom is -0.476 e. The number of nitrogens with zero attached hydrogens (tertiary/aromatic N) is 2. The Morgan fingerprint density at radius 3 is 2.95 bits per heavy atom. The number of aromatic nitrogens is 3. The molecule has 0 amide bonds. The third-order valence-electron chi connectivity index (χ3n) is 3.20. The summed E-state index contributed by atoms with van der Waals surface area (Å²) in [6.45, 7) is 5.56. The Morgan fingerprint density at radius 1 is 1.38 bits per heavy atom. The average Bonchev–Trinajstić information content (AvgIpc) is 2.89. The van der Waals surface area contributed by atoms with E-state index in [1.54, 1.807) is 0 Å². The van der Waals surface area contributed by atoms with Crippen molar-refractivity contribution in [3.8, 4) is 5.88 Å².